The number of nitrogens with two attached hydrogens (primary N) is 1. The van der Waals surface area contributed by atoms with Crippen LogP contribution in [0.3, 0.4) is 0 Å². The Morgan fingerprint density at radius 3 is 2.96 bits per heavy atom. The molecule has 0 radical (unpaired) electrons. The molecule has 1 aliphatic carbocycles. The van der Waals surface area contributed by atoms with Crippen molar-refractivity contribution in [3.63, 3.8) is 0 Å². The van der Waals surface area contributed by atoms with Crippen LogP contribution in [0.5, 0.6) is 0 Å². The van der Waals surface area contributed by atoms with Gasteiger partial charge in [0.2, 0.25) is 5.95 Å². The number of aryl methyl sites for hydroxylation is 1. The molecule has 0 saturated heterocycles. The Bertz CT molecular complexity index is 884. The van der Waals surface area contributed by atoms with Gasteiger partial charge in [0.05, 0.1) is 12.2 Å². The lowest BCUT2D eigenvalue weighted by atomic mass is 9.94. The number of amides is 1. The van der Waals surface area contributed by atoms with Crippen LogP contribution in [0.25, 0.3) is 5.65 Å². The summed E-state index contributed by atoms with van der Waals surface area (Å²) in [4.78, 5) is 25.5. The van der Waals surface area contributed by atoms with E-state index < -0.39 is 0 Å². The Hall–Kier alpha value is -2.96. The lowest BCUT2D eigenvalue weighted by molar-refractivity contribution is 0.0944. The highest BCUT2D eigenvalue weighted by molar-refractivity contribution is 5.94. The molecule has 7 nitrogen and oxygen atoms in total. The Balaban J connectivity index is 1.55. The normalized spacial score (nSPS) is 13.7. The minimum absolute atomic E-state index is 0.161. The maximum absolute atomic E-state index is 12.6. The van der Waals surface area contributed by atoms with Crippen LogP contribution in [0.1, 0.15) is 40.3 Å². The number of nitrogen functional groups attached to an aromatic ring is 1. The molecule has 4 rings (SSSR count). The molecular weight excluding hydrogens is 304 g/mol. The number of carbonyl (C=O) groups excluding carboxylic acids is 1. The summed E-state index contributed by atoms with van der Waals surface area (Å²) in [6.07, 6.45) is 7.63. The van der Waals surface area contributed by atoms with Gasteiger partial charge in [-0.05, 0) is 37.8 Å². The first kappa shape index (κ1) is 14.6. The van der Waals surface area contributed by atoms with Gasteiger partial charge in [0, 0.05) is 23.7 Å². The first-order chi connectivity index (χ1) is 11.7. The van der Waals surface area contributed by atoms with E-state index in [1.165, 1.54) is 0 Å². The number of pyridine rings is 1. The molecule has 3 heterocycles. The largest absolute Gasteiger partial charge is 0.368 e. The number of nitrogens with one attached hydrogen (secondary N) is 1. The van der Waals surface area contributed by atoms with Gasteiger partial charge in [-0.15, -0.1) is 0 Å². The molecule has 122 valence electrons. The SMILES string of the molecule is Nc1nc2c(c(C(=O)NCc3cn4ccccc4n3)n1)CCCC2. The van der Waals surface area contributed by atoms with Crippen molar-refractivity contribution in [3.05, 3.63) is 53.2 Å². The van der Waals surface area contributed by atoms with Crippen molar-refractivity contribution in [2.24, 2.45) is 0 Å². The predicted molar refractivity (Wildman–Crippen MR) is 89.4 cm³/mol. The van der Waals surface area contributed by atoms with Crippen LogP contribution in [0.4, 0.5) is 5.95 Å². The number of anilines is 1. The van der Waals surface area contributed by atoms with Crippen LogP contribution in [0.15, 0.2) is 30.6 Å². The van der Waals surface area contributed by atoms with E-state index in [0.717, 1.165) is 48.3 Å². The molecule has 0 spiro atoms. The van der Waals surface area contributed by atoms with Crippen LogP contribution in [0, 0.1) is 0 Å². The first-order valence-corrected chi connectivity index (χ1v) is 8.07. The van der Waals surface area contributed by atoms with E-state index in [-0.39, 0.29) is 11.9 Å². The van der Waals surface area contributed by atoms with Crippen molar-refractivity contribution >= 4 is 17.5 Å². The highest BCUT2D eigenvalue weighted by Gasteiger charge is 2.21. The highest BCUT2D eigenvalue weighted by Crippen LogP contribution is 2.22. The Morgan fingerprint density at radius 2 is 2.08 bits per heavy atom. The van der Waals surface area contributed by atoms with Crippen molar-refractivity contribution in [1.82, 2.24) is 24.7 Å². The van der Waals surface area contributed by atoms with Crippen molar-refractivity contribution in [2.45, 2.75) is 32.2 Å². The average molecular weight is 322 g/mol. The summed E-state index contributed by atoms with van der Waals surface area (Å²) in [6.45, 7) is 0.346. The number of fused-ring (bicyclic) bond motifs is 2. The summed E-state index contributed by atoms with van der Waals surface area (Å²) in [6, 6.07) is 5.79. The summed E-state index contributed by atoms with van der Waals surface area (Å²) < 4.78 is 1.92. The van der Waals surface area contributed by atoms with Crippen molar-refractivity contribution in [3.8, 4) is 0 Å². The Labute approximate surface area is 139 Å². The molecular formula is C17H18N6O. The van der Waals surface area contributed by atoms with Gasteiger partial charge in [0.1, 0.15) is 11.3 Å². The van der Waals surface area contributed by atoms with Gasteiger partial charge in [-0.1, -0.05) is 6.07 Å². The number of aromatic nitrogens is 4. The predicted octanol–water partition coefficient (Wildman–Crippen LogP) is 1.52. The van der Waals surface area contributed by atoms with Gasteiger partial charge < -0.3 is 15.5 Å². The lowest BCUT2D eigenvalue weighted by Gasteiger charge is -2.17. The number of rotatable bonds is 3. The zero-order valence-electron chi connectivity index (χ0n) is 13.2. The van der Waals surface area contributed by atoms with E-state index in [0.29, 0.717) is 12.2 Å². The first-order valence-electron chi connectivity index (χ1n) is 8.07. The van der Waals surface area contributed by atoms with Crippen LogP contribution in [0.2, 0.25) is 0 Å². The number of hydrogen-bond acceptors (Lipinski definition) is 5. The molecule has 3 aromatic heterocycles. The molecule has 0 fully saturated rings. The minimum Gasteiger partial charge on any atom is -0.368 e. The molecule has 1 amide bonds. The van der Waals surface area contributed by atoms with Gasteiger partial charge in [-0.25, -0.2) is 15.0 Å². The number of hydrogen-bond donors (Lipinski definition) is 2. The van der Waals surface area contributed by atoms with Gasteiger partial charge in [0.15, 0.2) is 0 Å². The molecule has 0 saturated carbocycles. The van der Waals surface area contributed by atoms with Crippen LogP contribution in [-0.2, 0) is 19.4 Å². The fourth-order valence-corrected chi connectivity index (χ4v) is 3.13. The zero-order chi connectivity index (χ0) is 16.5. The molecule has 0 atom stereocenters. The number of imidazole rings is 1. The van der Waals surface area contributed by atoms with E-state index >= 15 is 0 Å². The van der Waals surface area contributed by atoms with E-state index in [1.807, 2.05) is 35.0 Å². The second-order valence-corrected chi connectivity index (χ2v) is 5.94. The summed E-state index contributed by atoms with van der Waals surface area (Å²) >= 11 is 0. The number of nitrogens with zero attached hydrogens (tertiary/aromatic N) is 4. The smallest absolute Gasteiger partial charge is 0.270 e. The van der Waals surface area contributed by atoms with Gasteiger partial charge >= 0.3 is 0 Å². The molecule has 1 aliphatic rings. The van der Waals surface area contributed by atoms with E-state index in [1.54, 1.807) is 0 Å². The van der Waals surface area contributed by atoms with Gasteiger partial charge in [0.25, 0.3) is 5.91 Å². The molecule has 3 N–H and O–H groups in total. The molecule has 7 heteroatoms. The van der Waals surface area contributed by atoms with Gasteiger partial charge in [-0.2, -0.15) is 0 Å². The number of carbonyl (C=O) groups is 1. The summed E-state index contributed by atoms with van der Waals surface area (Å²) in [7, 11) is 0. The van der Waals surface area contributed by atoms with Crippen LogP contribution >= 0.6 is 0 Å². The van der Waals surface area contributed by atoms with Crippen LogP contribution < -0.4 is 11.1 Å². The molecule has 0 aromatic carbocycles. The summed E-state index contributed by atoms with van der Waals surface area (Å²) in [5.41, 5.74) is 9.66. The molecule has 0 bridgehead atoms. The summed E-state index contributed by atoms with van der Waals surface area (Å²) in [5, 5.41) is 2.89. The second kappa shape index (κ2) is 5.92. The second-order valence-electron chi connectivity index (χ2n) is 5.94. The van der Waals surface area contributed by atoms with E-state index in [9.17, 15) is 4.79 Å². The monoisotopic (exact) mass is 322 g/mol. The summed E-state index contributed by atoms with van der Waals surface area (Å²) in [5.74, 6) is -0.0622. The van der Waals surface area contributed by atoms with Crippen LogP contribution in [-0.4, -0.2) is 25.3 Å². The highest BCUT2D eigenvalue weighted by atomic mass is 16.1. The third-order valence-corrected chi connectivity index (χ3v) is 4.26. The standard InChI is InChI=1S/C17H18N6O/c18-17-21-13-6-2-1-5-12(13)15(22-17)16(24)19-9-11-10-23-8-4-3-7-14(23)20-11/h3-4,7-8,10H,1-2,5-6,9H2,(H,19,24)(H2,18,21,22). The molecule has 0 unspecified atom stereocenters. The van der Waals surface area contributed by atoms with E-state index in [2.05, 4.69) is 20.3 Å². The maximum Gasteiger partial charge on any atom is 0.270 e. The van der Waals surface area contributed by atoms with E-state index in [4.69, 9.17) is 5.73 Å². The maximum atomic E-state index is 12.6. The Morgan fingerprint density at radius 1 is 1.21 bits per heavy atom. The van der Waals surface area contributed by atoms with Gasteiger partial charge in [-0.3, -0.25) is 4.79 Å². The van der Waals surface area contributed by atoms with Crippen molar-refractivity contribution in [2.75, 3.05) is 5.73 Å². The molecule has 0 aliphatic heterocycles. The minimum atomic E-state index is -0.223. The van der Waals surface area contributed by atoms with Crippen molar-refractivity contribution < 1.29 is 4.79 Å². The Kier molecular flexibility index (Phi) is 3.60. The third-order valence-electron chi connectivity index (χ3n) is 4.26. The lowest BCUT2D eigenvalue weighted by Crippen LogP contribution is -2.27. The van der Waals surface area contributed by atoms with Crippen molar-refractivity contribution in [1.29, 1.82) is 0 Å². The average Bonchev–Trinajstić information content (AvgIpc) is 3.02. The molecule has 3 aromatic rings. The topological polar surface area (TPSA) is 98.2 Å². The quantitative estimate of drug-likeness (QED) is 0.762. The fraction of sp³-hybridized carbons (Fsp3) is 0.294. The zero-order valence-corrected chi connectivity index (χ0v) is 13.2. The fourth-order valence-electron chi connectivity index (χ4n) is 3.13. The third kappa shape index (κ3) is 2.68. The molecule has 24 heavy (non-hydrogen) atoms.